The van der Waals surface area contributed by atoms with Gasteiger partial charge in [-0.05, 0) is 75.0 Å². The lowest BCUT2D eigenvalue weighted by atomic mass is 10.1. The Bertz CT molecular complexity index is 1550. The van der Waals surface area contributed by atoms with E-state index in [1.54, 1.807) is 0 Å². The summed E-state index contributed by atoms with van der Waals surface area (Å²) in [5.41, 5.74) is -1.56. The molecule has 0 saturated carbocycles. The Hall–Kier alpha value is -0.200. The van der Waals surface area contributed by atoms with Crippen LogP contribution in [0.2, 0.25) is 0 Å². The predicted molar refractivity (Wildman–Crippen MR) is 175 cm³/mol. The first kappa shape index (κ1) is 14.1. The number of hydrogen-bond acceptors (Lipinski definition) is 2. The van der Waals surface area contributed by atoms with E-state index in [-0.39, 0.29) is 18.7 Å². The topological polar surface area (TPSA) is 29.5 Å². The van der Waals surface area contributed by atoms with Crippen LogP contribution in [-0.2, 0) is 17.5 Å². The molecule has 0 heterocycles. The van der Waals surface area contributed by atoms with Gasteiger partial charge >= 0.3 is 0 Å². The molecule has 37 heavy (non-hydrogen) atoms. The average Bonchev–Trinajstić information content (AvgIpc) is 3.06. The van der Waals surface area contributed by atoms with Crippen LogP contribution in [0.25, 0.3) is 0 Å². The van der Waals surface area contributed by atoms with Gasteiger partial charge in [-0.25, -0.2) is 0 Å². The maximum atomic E-state index is 9.20. The van der Waals surface area contributed by atoms with Crippen LogP contribution in [0.1, 0.15) is 118 Å². The van der Waals surface area contributed by atoms with E-state index < -0.39 is 86.7 Å². The van der Waals surface area contributed by atoms with Gasteiger partial charge in [0.05, 0.1) is 13.7 Å². The summed E-state index contributed by atoms with van der Waals surface area (Å²) in [4.78, 5) is 0. The van der Waals surface area contributed by atoms with Crippen molar-refractivity contribution >= 4 is 47.8 Å². The number of alkyl halides is 3. The predicted octanol–water partition coefficient (Wildman–Crippen LogP) is 10.3. The molecular formula is C32H51Br3O2. The Morgan fingerprint density at radius 2 is 1.05 bits per heavy atom. The van der Waals surface area contributed by atoms with Crippen molar-refractivity contribution < 1.29 is 40.0 Å². The Kier molecular flexibility index (Phi) is 12.2. The summed E-state index contributed by atoms with van der Waals surface area (Å²) in [7, 11) is 0. The fraction of sp³-hybridized carbons (Fsp3) is 0.625. The normalized spacial score (nSPS) is 22.1. The first-order valence-electron chi connectivity index (χ1n) is 22.8. The van der Waals surface area contributed by atoms with Crippen LogP contribution in [0.5, 0.6) is 0 Å². The van der Waals surface area contributed by atoms with Crippen LogP contribution >= 0.6 is 47.8 Å². The van der Waals surface area contributed by atoms with E-state index in [0.717, 1.165) is 59.5 Å². The van der Waals surface area contributed by atoms with Gasteiger partial charge in [-0.3, -0.25) is 0 Å². The van der Waals surface area contributed by atoms with Gasteiger partial charge in [-0.1, -0.05) is 134 Å². The molecule has 0 spiro atoms. The fourth-order valence-electron chi connectivity index (χ4n) is 2.26. The van der Waals surface area contributed by atoms with Crippen LogP contribution in [-0.4, -0.2) is 40.8 Å². The summed E-state index contributed by atoms with van der Waals surface area (Å²) in [6.07, 6.45) is -12.4. The lowest BCUT2D eigenvalue weighted by Crippen LogP contribution is -1.98. The van der Waals surface area contributed by atoms with Crippen LogP contribution in [0.4, 0.5) is 0 Å². The molecule has 2 nitrogen and oxygen atoms in total. The van der Waals surface area contributed by atoms with E-state index in [1.165, 1.54) is 25.7 Å². The Morgan fingerprint density at radius 3 is 1.49 bits per heavy atom. The number of hydrogen-bond donors (Lipinski definition) is 1. The molecule has 0 aliphatic rings. The molecule has 0 saturated heterocycles. The molecule has 0 aliphatic heterocycles. The van der Waals surface area contributed by atoms with Gasteiger partial charge in [0, 0.05) is 52.2 Å². The summed E-state index contributed by atoms with van der Waals surface area (Å²) < 4.78 is 175. The van der Waals surface area contributed by atoms with Crippen molar-refractivity contribution in [3.05, 3.63) is 71.6 Å². The molecule has 2 rings (SSSR count). The zero-order valence-corrected chi connectivity index (χ0v) is 25.5. The van der Waals surface area contributed by atoms with Gasteiger partial charge in [0.2, 0.25) is 0 Å². The van der Waals surface area contributed by atoms with Crippen molar-refractivity contribution in [3.63, 3.8) is 0 Å². The highest BCUT2D eigenvalue weighted by atomic mass is 79.9. The molecule has 2 aromatic rings. The quantitative estimate of drug-likeness (QED) is 0.109. The smallest absolute Gasteiger partial charge is 0.0626 e. The molecule has 0 atom stereocenters. The number of benzene rings is 2. The number of aliphatic hydroxyl groups is 1. The second kappa shape index (κ2) is 32.0. The minimum Gasteiger partial charge on any atom is -0.396 e. The maximum Gasteiger partial charge on any atom is 0.0626 e. The third kappa shape index (κ3) is 28.6. The summed E-state index contributed by atoms with van der Waals surface area (Å²) in [5, 5.41) is 12.4. The molecular weight excluding hydrogens is 656 g/mol. The van der Waals surface area contributed by atoms with E-state index in [2.05, 4.69) is 47.8 Å². The van der Waals surface area contributed by atoms with Crippen LogP contribution < -0.4 is 0 Å². The Balaban J connectivity index is 0.000000985. The molecule has 0 aromatic heterocycles. The summed E-state index contributed by atoms with van der Waals surface area (Å²) in [6, 6.07) is 0.471. The van der Waals surface area contributed by atoms with Gasteiger partial charge < -0.3 is 9.84 Å². The third-order valence-corrected chi connectivity index (χ3v) is 5.71. The lowest BCUT2D eigenvalue weighted by Gasteiger charge is -2.04. The van der Waals surface area contributed by atoms with Gasteiger partial charge in [0.15, 0.2) is 0 Å². The minimum atomic E-state index is -3.69. The molecule has 0 unspecified atom stereocenters. The second-order valence-electron chi connectivity index (χ2n) is 6.95. The van der Waals surface area contributed by atoms with E-state index in [1.807, 2.05) is 0 Å². The van der Waals surface area contributed by atoms with Crippen LogP contribution in [0.15, 0.2) is 60.5 Å². The largest absolute Gasteiger partial charge is 0.396 e. The monoisotopic (exact) mass is 726 g/mol. The first-order chi connectivity index (χ1) is 26.6. The van der Waals surface area contributed by atoms with Crippen molar-refractivity contribution in [3.8, 4) is 0 Å². The van der Waals surface area contributed by atoms with Gasteiger partial charge in [-0.2, -0.15) is 0 Å². The standard InChI is InChI=1S/C16H25BrO.C10H14O.C6H12Br2/c17-13-7-1-2-8-14-18-15-9-6-12-16-10-4-3-5-11-16;11-9-5-4-8-10-6-2-1-3-7-10;7-5-3-1-2-4-6-8/h3-5,10-11H,1-2,6-9,12-15H2;1-3,6-7,11H,4-5,8-9H2;1-6H2/i3D,6D2,9D2,10D,11D,12D2,15D2;1D,4D2,5D2,6D,7D,8D2,9D2;. The Morgan fingerprint density at radius 1 is 0.622 bits per heavy atom. The second-order valence-corrected chi connectivity index (χ2v) is 9.32. The van der Waals surface area contributed by atoms with Crippen molar-refractivity contribution in [1.82, 2.24) is 0 Å². The molecule has 0 amide bonds. The van der Waals surface area contributed by atoms with Crippen molar-refractivity contribution in [1.29, 1.82) is 0 Å². The highest BCUT2D eigenvalue weighted by molar-refractivity contribution is 9.09. The maximum absolute atomic E-state index is 9.20. The van der Waals surface area contributed by atoms with Crippen LogP contribution in [0.3, 0.4) is 0 Å². The zero-order chi connectivity index (χ0) is 46.6. The SMILES string of the molecule is BrCCCCCCBr.[2H]c1cc([2H])c(C([2H])([2H])C([2H])([2H])C([2H])([2H])C([2H])([2H])O)c([2H])c1.[2H]c1cc([2H])c(C([2H])([2H])C([2H])([2H])C([2H])([2H])C([2H])([2H])OCCCCCCBr)c([2H])c1. The molecule has 0 aliphatic carbocycles. The van der Waals surface area contributed by atoms with Gasteiger partial charge in [-0.15, -0.1) is 0 Å². The molecule has 2 aromatic carbocycles. The molecule has 0 fully saturated rings. The van der Waals surface area contributed by atoms with Crippen LogP contribution in [0, 0.1) is 0 Å². The van der Waals surface area contributed by atoms with E-state index in [0.29, 0.717) is 6.42 Å². The molecule has 0 bridgehead atoms. The van der Waals surface area contributed by atoms with E-state index in [4.69, 9.17) is 34.9 Å². The lowest BCUT2D eigenvalue weighted by molar-refractivity contribution is 0.126. The highest BCUT2D eigenvalue weighted by Gasteiger charge is 1.94. The van der Waals surface area contributed by atoms with Crippen molar-refractivity contribution in [2.24, 2.45) is 0 Å². The zero-order valence-electron chi connectivity index (χ0n) is 42.8. The summed E-state index contributed by atoms with van der Waals surface area (Å²) in [6.45, 7) is -7.00. The van der Waals surface area contributed by atoms with Crippen molar-refractivity contribution in [2.75, 3.05) is 35.7 Å². The average molecular weight is 730 g/mol. The van der Waals surface area contributed by atoms with Gasteiger partial charge in [0.25, 0.3) is 0 Å². The highest BCUT2D eigenvalue weighted by Crippen LogP contribution is 2.06. The summed E-state index contributed by atoms with van der Waals surface area (Å²) >= 11 is 10.1. The molecule has 212 valence electrons. The number of halogens is 3. The van der Waals surface area contributed by atoms with E-state index >= 15 is 0 Å². The van der Waals surface area contributed by atoms with E-state index in [9.17, 15) is 5.11 Å². The number of ether oxygens (including phenoxy) is 1. The number of unbranched alkanes of at least 4 members (excludes halogenated alkanes) is 6. The third-order valence-electron chi connectivity index (χ3n) is 4.03. The summed E-state index contributed by atoms with van der Waals surface area (Å²) in [5.74, 6) is 0. The first-order valence-corrected chi connectivity index (χ1v) is 15.2. The molecule has 1 N–H and O–H groups in total. The molecule has 5 heteroatoms. The minimum absolute atomic E-state index is 0.158. The number of rotatable bonds is 20. The Labute approximate surface area is 284 Å². The van der Waals surface area contributed by atoms with Crippen molar-refractivity contribution in [2.45, 2.75) is 89.6 Å². The molecule has 0 radical (unpaired) electrons. The fourth-order valence-corrected chi connectivity index (χ4v) is 3.45. The van der Waals surface area contributed by atoms with Gasteiger partial charge in [0.1, 0.15) is 0 Å².